The van der Waals surface area contributed by atoms with Gasteiger partial charge in [-0.2, -0.15) is 0 Å². The van der Waals surface area contributed by atoms with E-state index in [0.29, 0.717) is 12.5 Å². The molecule has 1 aliphatic rings. The standard InChI is InChI=1S/C10H20N2O2/c1-8(2)3-5-12-6-4-11-10(14)9(12)7-13/h8-9,13H,3-7H2,1-2H3,(H,11,14). The van der Waals surface area contributed by atoms with Crippen LogP contribution in [0.3, 0.4) is 0 Å². The van der Waals surface area contributed by atoms with Gasteiger partial charge in [0.1, 0.15) is 6.04 Å². The van der Waals surface area contributed by atoms with Gasteiger partial charge in [-0.15, -0.1) is 0 Å². The average molecular weight is 200 g/mol. The van der Waals surface area contributed by atoms with Gasteiger partial charge in [0.2, 0.25) is 5.91 Å². The Morgan fingerprint density at radius 1 is 1.64 bits per heavy atom. The lowest BCUT2D eigenvalue weighted by Crippen LogP contribution is -2.57. The van der Waals surface area contributed by atoms with Crippen LogP contribution in [0.4, 0.5) is 0 Å². The molecule has 1 fully saturated rings. The Hall–Kier alpha value is -0.610. The number of hydrogen-bond donors (Lipinski definition) is 2. The summed E-state index contributed by atoms with van der Waals surface area (Å²) in [5, 5.41) is 11.9. The number of hydrogen-bond acceptors (Lipinski definition) is 3. The summed E-state index contributed by atoms with van der Waals surface area (Å²) < 4.78 is 0. The normalized spacial score (nSPS) is 24.0. The molecule has 82 valence electrons. The summed E-state index contributed by atoms with van der Waals surface area (Å²) in [4.78, 5) is 13.4. The molecule has 0 aromatic heterocycles. The van der Waals surface area contributed by atoms with Crippen LogP contribution in [0.1, 0.15) is 20.3 Å². The molecule has 1 aliphatic heterocycles. The van der Waals surface area contributed by atoms with Gasteiger partial charge in [-0.3, -0.25) is 9.69 Å². The SMILES string of the molecule is CC(C)CCN1CCNC(=O)C1CO. The van der Waals surface area contributed by atoms with E-state index in [9.17, 15) is 4.79 Å². The quantitative estimate of drug-likeness (QED) is 0.662. The summed E-state index contributed by atoms with van der Waals surface area (Å²) in [7, 11) is 0. The van der Waals surface area contributed by atoms with Gasteiger partial charge in [-0.1, -0.05) is 13.8 Å². The molecule has 1 saturated heterocycles. The third kappa shape index (κ3) is 2.96. The molecule has 0 saturated carbocycles. The van der Waals surface area contributed by atoms with Crippen LogP contribution in [0.2, 0.25) is 0 Å². The Morgan fingerprint density at radius 3 is 2.93 bits per heavy atom. The van der Waals surface area contributed by atoms with Gasteiger partial charge in [0.05, 0.1) is 6.61 Å². The summed E-state index contributed by atoms with van der Waals surface area (Å²) in [6.45, 7) is 6.70. The number of aliphatic hydroxyl groups excluding tert-OH is 1. The zero-order valence-corrected chi connectivity index (χ0v) is 8.99. The second-order valence-electron chi connectivity index (χ2n) is 4.21. The van der Waals surface area contributed by atoms with Gasteiger partial charge < -0.3 is 10.4 Å². The fourth-order valence-corrected chi connectivity index (χ4v) is 1.65. The minimum absolute atomic E-state index is 0.0393. The second-order valence-corrected chi connectivity index (χ2v) is 4.21. The first-order chi connectivity index (χ1) is 6.65. The van der Waals surface area contributed by atoms with Gasteiger partial charge >= 0.3 is 0 Å². The van der Waals surface area contributed by atoms with Crippen LogP contribution in [0.15, 0.2) is 0 Å². The maximum atomic E-state index is 11.4. The van der Waals surface area contributed by atoms with Crippen LogP contribution in [0.5, 0.6) is 0 Å². The summed E-state index contributed by atoms with van der Waals surface area (Å²) in [6.07, 6.45) is 1.07. The molecule has 4 heteroatoms. The topological polar surface area (TPSA) is 52.6 Å². The molecular weight excluding hydrogens is 180 g/mol. The fourth-order valence-electron chi connectivity index (χ4n) is 1.65. The Balaban J connectivity index is 2.44. The van der Waals surface area contributed by atoms with Crippen molar-refractivity contribution < 1.29 is 9.90 Å². The maximum Gasteiger partial charge on any atom is 0.239 e. The van der Waals surface area contributed by atoms with Crippen molar-refractivity contribution in [3.8, 4) is 0 Å². The Morgan fingerprint density at radius 2 is 2.36 bits per heavy atom. The molecule has 1 atom stereocenters. The van der Waals surface area contributed by atoms with E-state index in [2.05, 4.69) is 24.1 Å². The first-order valence-electron chi connectivity index (χ1n) is 5.27. The van der Waals surface area contributed by atoms with E-state index in [1.54, 1.807) is 0 Å². The zero-order chi connectivity index (χ0) is 10.6. The highest BCUT2D eigenvalue weighted by Crippen LogP contribution is 2.08. The van der Waals surface area contributed by atoms with Gasteiger partial charge in [0.15, 0.2) is 0 Å². The monoisotopic (exact) mass is 200 g/mol. The van der Waals surface area contributed by atoms with Gasteiger partial charge in [-0.25, -0.2) is 0 Å². The van der Waals surface area contributed by atoms with Gasteiger partial charge in [0, 0.05) is 13.1 Å². The average Bonchev–Trinajstić information content (AvgIpc) is 2.14. The third-order valence-corrected chi connectivity index (χ3v) is 2.61. The number of rotatable bonds is 4. The van der Waals surface area contributed by atoms with Crippen molar-refractivity contribution >= 4 is 5.91 Å². The molecule has 4 nitrogen and oxygen atoms in total. The minimum Gasteiger partial charge on any atom is -0.394 e. The number of nitrogens with one attached hydrogen (secondary N) is 1. The summed E-state index contributed by atoms with van der Waals surface area (Å²) in [5.41, 5.74) is 0. The van der Waals surface area contributed by atoms with Crippen LogP contribution in [0.25, 0.3) is 0 Å². The van der Waals surface area contributed by atoms with Crippen LogP contribution >= 0.6 is 0 Å². The van der Waals surface area contributed by atoms with Crippen LogP contribution in [-0.2, 0) is 4.79 Å². The Bertz CT molecular complexity index is 195. The largest absolute Gasteiger partial charge is 0.394 e. The molecule has 0 radical (unpaired) electrons. The lowest BCUT2D eigenvalue weighted by atomic mass is 10.1. The van der Waals surface area contributed by atoms with Crippen LogP contribution in [-0.4, -0.2) is 48.2 Å². The summed E-state index contributed by atoms with van der Waals surface area (Å²) >= 11 is 0. The molecule has 0 aliphatic carbocycles. The molecule has 1 rings (SSSR count). The van der Waals surface area contributed by atoms with E-state index >= 15 is 0 Å². The van der Waals surface area contributed by atoms with E-state index in [4.69, 9.17) is 5.11 Å². The molecule has 0 bridgehead atoms. The summed E-state index contributed by atoms with van der Waals surface area (Å²) in [5.74, 6) is 0.599. The molecular formula is C10H20N2O2. The smallest absolute Gasteiger partial charge is 0.239 e. The molecule has 0 aromatic carbocycles. The van der Waals surface area contributed by atoms with E-state index in [-0.39, 0.29) is 18.6 Å². The minimum atomic E-state index is -0.331. The molecule has 2 N–H and O–H groups in total. The molecule has 1 unspecified atom stereocenters. The number of carbonyl (C=O) groups excluding carboxylic acids is 1. The predicted molar refractivity (Wildman–Crippen MR) is 54.9 cm³/mol. The Kier molecular flexibility index (Phi) is 4.35. The van der Waals surface area contributed by atoms with Crippen LogP contribution in [0, 0.1) is 5.92 Å². The van der Waals surface area contributed by atoms with Crippen LogP contribution < -0.4 is 5.32 Å². The van der Waals surface area contributed by atoms with E-state index in [0.717, 1.165) is 19.5 Å². The van der Waals surface area contributed by atoms with Crippen molar-refractivity contribution in [2.75, 3.05) is 26.2 Å². The highest BCUT2D eigenvalue weighted by molar-refractivity contribution is 5.82. The number of carbonyl (C=O) groups is 1. The van der Waals surface area contributed by atoms with Crippen molar-refractivity contribution in [2.45, 2.75) is 26.3 Å². The van der Waals surface area contributed by atoms with Crippen molar-refractivity contribution in [1.82, 2.24) is 10.2 Å². The molecule has 0 aromatic rings. The second kappa shape index (κ2) is 5.32. The highest BCUT2D eigenvalue weighted by Gasteiger charge is 2.28. The first kappa shape index (κ1) is 11.5. The van der Waals surface area contributed by atoms with E-state index < -0.39 is 0 Å². The third-order valence-electron chi connectivity index (χ3n) is 2.61. The number of piperazine rings is 1. The maximum absolute atomic E-state index is 11.4. The Labute approximate surface area is 85.3 Å². The summed E-state index contributed by atoms with van der Waals surface area (Å²) in [6, 6.07) is -0.331. The molecule has 14 heavy (non-hydrogen) atoms. The zero-order valence-electron chi connectivity index (χ0n) is 8.99. The van der Waals surface area contributed by atoms with E-state index in [1.165, 1.54) is 0 Å². The lowest BCUT2D eigenvalue weighted by molar-refractivity contribution is -0.130. The fraction of sp³-hybridized carbons (Fsp3) is 0.900. The first-order valence-corrected chi connectivity index (χ1v) is 5.27. The van der Waals surface area contributed by atoms with Crippen molar-refractivity contribution in [3.63, 3.8) is 0 Å². The number of aliphatic hydroxyl groups is 1. The van der Waals surface area contributed by atoms with Gasteiger partial charge in [-0.05, 0) is 18.9 Å². The molecule has 1 amide bonds. The predicted octanol–water partition coefficient (Wildman–Crippen LogP) is -0.175. The molecule has 0 spiro atoms. The van der Waals surface area contributed by atoms with E-state index in [1.807, 2.05) is 0 Å². The van der Waals surface area contributed by atoms with Crippen molar-refractivity contribution in [1.29, 1.82) is 0 Å². The lowest BCUT2D eigenvalue weighted by Gasteiger charge is -2.34. The highest BCUT2D eigenvalue weighted by atomic mass is 16.3. The number of nitrogens with zero attached hydrogens (tertiary/aromatic N) is 1. The van der Waals surface area contributed by atoms with Gasteiger partial charge in [0.25, 0.3) is 0 Å². The molecule has 1 heterocycles. The van der Waals surface area contributed by atoms with Crippen molar-refractivity contribution in [2.24, 2.45) is 5.92 Å². The van der Waals surface area contributed by atoms with Crippen molar-refractivity contribution in [3.05, 3.63) is 0 Å². The number of amides is 1.